The molecule has 0 fully saturated rings. The van der Waals surface area contributed by atoms with Gasteiger partial charge in [-0.2, -0.15) is 17.7 Å². The first-order valence-corrected chi connectivity index (χ1v) is 3.11. The van der Waals surface area contributed by atoms with Gasteiger partial charge < -0.3 is 6.92 Å². The molecule has 1 heteroatoms. The van der Waals surface area contributed by atoms with Gasteiger partial charge in [-0.15, -0.1) is 12.1 Å². The Hall–Kier alpha value is -0.222. The monoisotopic (exact) mass is 313 g/mol. The van der Waals surface area contributed by atoms with Crippen LogP contribution >= 0.6 is 0 Å². The molecule has 56 valence electrons. The van der Waals surface area contributed by atoms with E-state index in [9.17, 15) is 0 Å². The summed E-state index contributed by atoms with van der Waals surface area (Å²) in [5.74, 6) is 0. The number of hydrogen-bond donors (Lipinski definition) is 0. The van der Waals surface area contributed by atoms with Crippen molar-refractivity contribution in [2.24, 2.45) is 0 Å². The van der Waals surface area contributed by atoms with Crippen molar-refractivity contribution >= 4 is 0 Å². The van der Waals surface area contributed by atoms with Crippen LogP contribution in [0.2, 0.25) is 0 Å². The van der Waals surface area contributed by atoms with Gasteiger partial charge in [0.15, 0.2) is 0 Å². The quantitative estimate of drug-likeness (QED) is 0.736. The molecule has 0 aliphatic rings. The van der Waals surface area contributed by atoms with Crippen molar-refractivity contribution < 1.29 is 21.1 Å². The summed E-state index contributed by atoms with van der Waals surface area (Å²) in [7, 11) is 0. The summed E-state index contributed by atoms with van der Waals surface area (Å²) in [5, 5.41) is 0. The van der Waals surface area contributed by atoms with Crippen molar-refractivity contribution in [1.29, 1.82) is 0 Å². The van der Waals surface area contributed by atoms with Gasteiger partial charge in [-0.3, -0.25) is 0 Å². The van der Waals surface area contributed by atoms with Crippen molar-refractivity contribution in [2.45, 2.75) is 6.42 Å². The summed E-state index contributed by atoms with van der Waals surface area (Å²) in [6.07, 6.45) is 2.96. The van der Waals surface area contributed by atoms with E-state index in [0.717, 1.165) is 6.42 Å². The van der Waals surface area contributed by atoms with Gasteiger partial charge in [-0.25, -0.2) is 12.8 Å². The van der Waals surface area contributed by atoms with E-state index in [1.165, 1.54) is 5.56 Å². The Morgan fingerprint density at radius 2 is 1.80 bits per heavy atom. The maximum atomic E-state index is 3.73. The zero-order chi connectivity index (χ0) is 6.53. The van der Waals surface area contributed by atoms with E-state index in [-0.39, 0.29) is 21.1 Å². The topological polar surface area (TPSA) is 0 Å². The fourth-order valence-corrected chi connectivity index (χ4v) is 0.756. The van der Waals surface area contributed by atoms with Crippen LogP contribution in [0.3, 0.4) is 0 Å². The van der Waals surface area contributed by atoms with Crippen LogP contribution in [0.15, 0.2) is 30.3 Å². The third-order valence-electron chi connectivity index (χ3n) is 1.18. The number of rotatable bonds is 2. The Kier molecular flexibility index (Phi) is 5.43. The van der Waals surface area contributed by atoms with Crippen LogP contribution in [0, 0.1) is 13.3 Å². The first-order valence-electron chi connectivity index (χ1n) is 3.11. The molecule has 0 bridgehead atoms. The van der Waals surface area contributed by atoms with Crippen LogP contribution in [0.1, 0.15) is 12.0 Å². The molecule has 0 amide bonds. The van der Waals surface area contributed by atoms with Crippen LogP contribution < -0.4 is 0 Å². The molecule has 0 atom stereocenters. The van der Waals surface area contributed by atoms with Crippen LogP contribution in [-0.4, -0.2) is 0 Å². The van der Waals surface area contributed by atoms with Gasteiger partial charge in [-0.05, 0) is 0 Å². The number of benzene rings is 1. The molecular formula is C9H10Pt. The van der Waals surface area contributed by atoms with Gasteiger partial charge in [0.1, 0.15) is 0 Å². The zero-order valence-electron chi connectivity index (χ0n) is 5.69. The van der Waals surface area contributed by atoms with Crippen LogP contribution in [0.25, 0.3) is 0 Å². The van der Waals surface area contributed by atoms with Crippen molar-refractivity contribution in [1.82, 2.24) is 0 Å². The molecule has 0 unspecified atom stereocenters. The molecule has 0 spiro atoms. The minimum absolute atomic E-state index is 0. The van der Waals surface area contributed by atoms with E-state index < -0.39 is 0 Å². The first kappa shape index (κ1) is 9.78. The average molecular weight is 313 g/mol. The fraction of sp³-hybridized carbons (Fsp3) is 0.111. The Balaban J connectivity index is 0.000000810. The summed E-state index contributed by atoms with van der Waals surface area (Å²) >= 11 is 0. The smallest absolute Gasteiger partial charge is 0.351 e. The van der Waals surface area contributed by atoms with E-state index in [0.29, 0.717) is 0 Å². The molecule has 0 saturated carbocycles. The first-order chi connectivity index (χ1) is 4.43. The van der Waals surface area contributed by atoms with Crippen LogP contribution in [0.5, 0.6) is 0 Å². The number of hydrogen-bond acceptors (Lipinski definition) is 0. The van der Waals surface area contributed by atoms with E-state index in [2.05, 4.69) is 25.5 Å². The standard InChI is InChI=1S/C9H10.Pt/c1-2-6-9-7-4-3-5-8-9;/h3-8H,1-2H2;/q-2;+2. The summed E-state index contributed by atoms with van der Waals surface area (Å²) in [5.41, 5.74) is 1.26. The molecule has 0 N–H and O–H groups in total. The molecule has 0 aromatic heterocycles. The molecule has 1 aromatic rings. The van der Waals surface area contributed by atoms with Crippen molar-refractivity contribution in [3.63, 3.8) is 0 Å². The predicted octanol–water partition coefficient (Wildman–Crippen LogP) is 2.46. The molecule has 0 saturated heterocycles. The Bertz CT molecular complexity index is 158. The van der Waals surface area contributed by atoms with Gasteiger partial charge in [0.05, 0.1) is 0 Å². The van der Waals surface area contributed by atoms with Gasteiger partial charge in [0, 0.05) is 0 Å². The second-order valence-electron chi connectivity index (χ2n) is 1.90. The van der Waals surface area contributed by atoms with Crippen LogP contribution in [-0.2, 0) is 21.1 Å². The normalized spacial score (nSPS) is 8.10. The van der Waals surface area contributed by atoms with E-state index in [1.54, 1.807) is 0 Å². The molecule has 0 radical (unpaired) electrons. The fourth-order valence-electron chi connectivity index (χ4n) is 0.756. The van der Waals surface area contributed by atoms with Gasteiger partial charge in [-0.1, -0.05) is 6.07 Å². The van der Waals surface area contributed by atoms with E-state index in [4.69, 9.17) is 0 Å². The molecule has 0 nitrogen and oxygen atoms in total. The molecule has 0 aliphatic carbocycles. The van der Waals surface area contributed by atoms with Gasteiger partial charge >= 0.3 is 21.1 Å². The summed E-state index contributed by atoms with van der Waals surface area (Å²) < 4.78 is 0. The second-order valence-corrected chi connectivity index (χ2v) is 1.90. The second kappa shape index (κ2) is 5.55. The van der Waals surface area contributed by atoms with Crippen molar-refractivity contribution in [3.8, 4) is 0 Å². The van der Waals surface area contributed by atoms with Gasteiger partial charge in [0.2, 0.25) is 0 Å². The molecule has 1 rings (SSSR count). The molecule has 0 heterocycles. The maximum absolute atomic E-state index is 3.73. The minimum atomic E-state index is 0. The molecule has 0 aliphatic heterocycles. The average Bonchev–Trinajstić information content (AvgIpc) is 1.91. The Morgan fingerprint density at radius 3 is 2.30 bits per heavy atom. The van der Waals surface area contributed by atoms with Gasteiger partial charge in [0.25, 0.3) is 0 Å². The Morgan fingerprint density at radius 1 is 1.20 bits per heavy atom. The summed E-state index contributed by atoms with van der Waals surface area (Å²) in [4.78, 5) is 0. The predicted molar refractivity (Wildman–Crippen MR) is 39.8 cm³/mol. The summed E-state index contributed by atoms with van der Waals surface area (Å²) in [6, 6.07) is 10.2. The zero-order valence-corrected chi connectivity index (χ0v) is 7.97. The molecule has 1 aromatic carbocycles. The maximum Gasteiger partial charge on any atom is 2.00 e. The van der Waals surface area contributed by atoms with E-state index in [1.807, 2.05) is 18.2 Å². The van der Waals surface area contributed by atoms with E-state index >= 15 is 0 Å². The molecular weight excluding hydrogens is 303 g/mol. The van der Waals surface area contributed by atoms with Crippen LogP contribution in [0.4, 0.5) is 0 Å². The summed E-state index contributed by atoms with van der Waals surface area (Å²) in [6.45, 7) is 3.73. The SMILES string of the molecule is [CH2-]C[CH-]c1ccccc1.[Pt+2]. The molecule has 10 heavy (non-hydrogen) atoms. The third-order valence-corrected chi connectivity index (χ3v) is 1.18. The third kappa shape index (κ3) is 3.08. The Labute approximate surface area is 76.9 Å². The van der Waals surface area contributed by atoms with Crippen molar-refractivity contribution in [3.05, 3.63) is 49.2 Å². The minimum Gasteiger partial charge on any atom is -0.351 e. The largest absolute Gasteiger partial charge is 2.00 e. The van der Waals surface area contributed by atoms with Crippen molar-refractivity contribution in [2.75, 3.05) is 0 Å².